The molecule has 0 saturated carbocycles. The first kappa shape index (κ1) is 45.1. The third-order valence-corrected chi connectivity index (χ3v) is 7.74. The number of allylic oxidation sites excluding steroid dienone is 10. The third kappa shape index (κ3) is 34.4. The Morgan fingerprint density at radius 3 is 1.31 bits per heavy atom. The van der Waals surface area contributed by atoms with Crippen LogP contribution < -0.4 is 0 Å². The van der Waals surface area contributed by atoms with Crippen molar-refractivity contribution in [2.24, 2.45) is 0 Å². The van der Waals surface area contributed by atoms with Gasteiger partial charge in [-0.05, 0) is 96.3 Å². The van der Waals surface area contributed by atoms with Crippen molar-refractivity contribution in [1.29, 1.82) is 0 Å². The lowest BCUT2D eigenvalue weighted by Gasteiger charge is -2.18. The summed E-state index contributed by atoms with van der Waals surface area (Å²) >= 11 is 0. The number of carbonyl (C=O) groups excluding carboxylic acids is 3. The van der Waals surface area contributed by atoms with Crippen molar-refractivity contribution in [3.63, 3.8) is 0 Å². The quantitative estimate of drug-likeness (QED) is 0.0299. The summed E-state index contributed by atoms with van der Waals surface area (Å²) in [7, 11) is 0. The van der Waals surface area contributed by atoms with Crippen molar-refractivity contribution in [1.82, 2.24) is 0 Å². The van der Waals surface area contributed by atoms with Crippen LogP contribution in [-0.4, -0.2) is 37.2 Å². The van der Waals surface area contributed by atoms with Crippen LogP contribution in [0.5, 0.6) is 0 Å². The fraction of sp³-hybridized carbons (Fsp3) is 0.690. The maximum atomic E-state index is 12.6. The number of ether oxygens (including phenoxy) is 3. The molecule has 0 aliphatic rings. The van der Waals surface area contributed by atoms with Crippen molar-refractivity contribution < 1.29 is 28.6 Å². The Balaban J connectivity index is 4.46. The number of hydrogen-bond acceptors (Lipinski definition) is 6. The maximum Gasteiger partial charge on any atom is 0.306 e. The van der Waals surface area contributed by atoms with Crippen molar-refractivity contribution in [3.05, 3.63) is 60.8 Å². The van der Waals surface area contributed by atoms with E-state index < -0.39 is 6.10 Å². The van der Waals surface area contributed by atoms with Crippen LogP contribution >= 0.6 is 0 Å². The standard InChI is InChI=1S/C42H70O6/c1-4-7-10-13-16-19-20-21-24-26-29-32-35-41(44)47-38-39(48-42(45)36-33-30-27-23-18-15-12-9-6-3)37-46-40(43)34-31-28-25-22-17-14-11-8-5-2/h8-9,11-12,16-19,22-23,39H,4-7,10,13-15,20-21,24-38H2,1-3H3/b11-8-,12-9-,19-16-,22-17-,23-18-. The first-order valence-electron chi connectivity index (χ1n) is 19.3. The molecular formula is C42H70O6. The lowest BCUT2D eigenvalue weighted by Crippen LogP contribution is -2.30. The normalized spacial score (nSPS) is 12.6. The van der Waals surface area contributed by atoms with E-state index in [4.69, 9.17) is 14.2 Å². The molecule has 0 radical (unpaired) electrons. The summed E-state index contributed by atoms with van der Waals surface area (Å²) in [5, 5.41) is 0. The zero-order chi connectivity index (χ0) is 35.2. The van der Waals surface area contributed by atoms with E-state index in [0.29, 0.717) is 19.3 Å². The van der Waals surface area contributed by atoms with Crippen molar-refractivity contribution >= 4 is 17.9 Å². The summed E-state index contributed by atoms with van der Waals surface area (Å²) in [5.41, 5.74) is 0. The van der Waals surface area contributed by atoms with Crippen LogP contribution in [0.25, 0.3) is 0 Å². The second-order valence-corrected chi connectivity index (χ2v) is 12.4. The van der Waals surface area contributed by atoms with Crippen molar-refractivity contribution in [2.45, 2.75) is 175 Å². The third-order valence-electron chi connectivity index (χ3n) is 7.74. The average Bonchev–Trinajstić information content (AvgIpc) is 3.08. The minimum absolute atomic E-state index is 0.103. The van der Waals surface area contributed by atoms with E-state index in [1.54, 1.807) is 0 Å². The molecular weight excluding hydrogens is 600 g/mol. The highest BCUT2D eigenvalue weighted by molar-refractivity contribution is 5.71. The van der Waals surface area contributed by atoms with Crippen LogP contribution in [0.15, 0.2) is 60.8 Å². The van der Waals surface area contributed by atoms with E-state index in [1.807, 2.05) is 0 Å². The largest absolute Gasteiger partial charge is 0.462 e. The average molecular weight is 671 g/mol. The number of carbonyl (C=O) groups is 3. The summed E-state index contributed by atoms with van der Waals surface area (Å²) < 4.78 is 16.5. The Labute approximate surface area is 294 Å². The molecule has 0 bridgehead atoms. The molecule has 1 atom stereocenters. The van der Waals surface area contributed by atoms with Gasteiger partial charge in [-0.25, -0.2) is 0 Å². The van der Waals surface area contributed by atoms with E-state index in [2.05, 4.69) is 81.5 Å². The Bertz CT molecular complexity index is 913. The highest BCUT2D eigenvalue weighted by Crippen LogP contribution is 2.11. The number of esters is 3. The Morgan fingerprint density at radius 1 is 0.438 bits per heavy atom. The number of rotatable bonds is 33. The molecule has 1 unspecified atom stereocenters. The molecule has 0 heterocycles. The molecule has 0 spiro atoms. The molecule has 0 fully saturated rings. The van der Waals surface area contributed by atoms with Crippen molar-refractivity contribution in [2.75, 3.05) is 13.2 Å². The molecule has 0 amide bonds. The Morgan fingerprint density at radius 2 is 0.812 bits per heavy atom. The van der Waals surface area contributed by atoms with Crippen LogP contribution in [-0.2, 0) is 28.6 Å². The van der Waals surface area contributed by atoms with Crippen LogP contribution in [0.2, 0.25) is 0 Å². The van der Waals surface area contributed by atoms with Gasteiger partial charge in [0.1, 0.15) is 13.2 Å². The van der Waals surface area contributed by atoms with Crippen molar-refractivity contribution in [3.8, 4) is 0 Å². The first-order chi connectivity index (χ1) is 23.5. The van der Waals surface area contributed by atoms with Gasteiger partial charge in [0.05, 0.1) is 0 Å². The molecule has 0 saturated heterocycles. The number of hydrogen-bond donors (Lipinski definition) is 0. The van der Waals surface area contributed by atoms with Gasteiger partial charge in [0.15, 0.2) is 6.10 Å². The summed E-state index contributed by atoms with van der Waals surface area (Å²) in [4.78, 5) is 37.3. The lowest BCUT2D eigenvalue weighted by molar-refractivity contribution is -0.167. The van der Waals surface area contributed by atoms with Gasteiger partial charge in [-0.3, -0.25) is 14.4 Å². The predicted molar refractivity (Wildman–Crippen MR) is 201 cm³/mol. The summed E-state index contributed by atoms with van der Waals surface area (Å²) in [5.74, 6) is -1.00. The zero-order valence-corrected chi connectivity index (χ0v) is 31.0. The smallest absolute Gasteiger partial charge is 0.306 e. The summed E-state index contributed by atoms with van der Waals surface area (Å²) in [6.07, 6.45) is 42.3. The van der Waals surface area contributed by atoms with Gasteiger partial charge >= 0.3 is 17.9 Å². The molecule has 0 aromatic rings. The Kier molecular flexibility index (Phi) is 34.7. The fourth-order valence-corrected chi connectivity index (χ4v) is 4.86. The minimum Gasteiger partial charge on any atom is -0.462 e. The second-order valence-electron chi connectivity index (χ2n) is 12.4. The van der Waals surface area contributed by atoms with E-state index >= 15 is 0 Å². The molecule has 274 valence electrons. The summed E-state index contributed by atoms with van der Waals surface area (Å²) in [6, 6.07) is 0. The first-order valence-corrected chi connectivity index (χ1v) is 19.3. The van der Waals surface area contributed by atoms with Crippen LogP contribution in [0, 0.1) is 0 Å². The fourth-order valence-electron chi connectivity index (χ4n) is 4.86. The molecule has 6 nitrogen and oxygen atoms in total. The number of unbranched alkanes of at least 4 members (excludes halogenated alkanes) is 12. The van der Waals surface area contributed by atoms with E-state index in [1.165, 1.54) is 32.1 Å². The highest BCUT2D eigenvalue weighted by Gasteiger charge is 2.19. The van der Waals surface area contributed by atoms with Gasteiger partial charge in [-0.1, -0.05) is 114 Å². The van der Waals surface area contributed by atoms with Crippen LogP contribution in [0.3, 0.4) is 0 Å². The summed E-state index contributed by atoms with van der Waals surface area (Å²) in [6.45, 7) is 6.25. The topological polar surface area (TPSA) is 78.9 Å². The SMILES string of the molecule is CC/C=C\C/C=C\CCCCC(=O)OCC(COC(=O)CCCCCCC/C=C\CCCCC)OC(=O)CCCC/C=C\C/C=C\CC. The molecule has 0 aliphatic heterocycles. The molecule has 0 aromatic carbocycles. The van der Waals surface area contributed by atoms with Crippen LogP contribution in [0.4, 0.5) is 0 Å². The van der Waals surface area contributed by atoms with Gasteiger partial charge in [0.2, 0.25) is 0 Å². The van der Waals surface area contributed by atoms with Gasteiger partial charge in [0, 0.05) is 19.3 Å². The predicted octanol–water partition coefficient (Wildman–Crippen LogP) is 11.8. The molecule has 0 aliphatic carbocycles. The molecule has 48 heavy (non-hydrogen) atoms. The van der Waals surface area contributed by atoms with E-state index in [0.717, 1.165) is 89.9 Å². The van der Waals surface area contributed by atoms with Gasteiger partial charge in [-0.15, -0.1) is 0 Å². The zero-order valence-electron chi connectivity index (χ0n) is 31.0. The van der Waals surface area contributed by atoms with Gasteiger partial charge < -0.3 is 14.2 Å². The highest BCUT2D eigenvalue weighted by atomic mass is 16.6. The molecule has 0 rings (SSSR count). The molecule has 0 aromatic heterocycles. The van der Waals surface area contributed by atoms with Gasteiger partial charge in [0.25, 0.3) is 0 Å². The second kappa shape index (κ2) is 36.9. The van der Waals surface area contributed by atoms with E-state index in [9.17, 15) is 14.4 Å². The monoisotopic (exact) mass is 671 g/mol. The maximum absolute atomic E-state index is 12.6. The molecule has 0 N–H and O–H groups in total. The lowest BCUT2D eigenvalue weighted by atomic mass is 10.1. The van der Waals surface area contributed by atoms with Crippen LogP contribution in [0.1, 0.15) is 168 Å². The van der Waals surface area contributed by atoms with Gasteiger partial charge in [-0.2, -0.15) is 0 Å². The Hall–Kier alpha value is -2.89. The minimum atomic E-state index is -0.801. The molecule has 6 heteroatoms. The van der Waals surface area contributed by atoms with E-state index in [-0.39, 0.29) is 37.5 Å².